The minimum Gasteiger partial charge on any atom is -0.355 e. The average molecular weight is 297 g/mol. The molecular weight excluding hydrogens is 285 g/mol. The summed E-state index contributed by atoms with van der Waals surface area (Å²) in [5.74, 6) is 0. The highest BCUT2D eigenvalue weighted by molar-refractivity contribution is 14.1. The van der Waals surface area contributed by atoms with Crippen molar-refractivity contribution < 1.29 is 0 Å². The van der Waals surface area contributed by atoms with Crippen LogP contribution in [0.5, 0.6) is 0 Å². The topological polar surface area (TPSA) is 12.0 Å². The first-order valence-corrected chi connectivity index (χ1v) is 5.53. The summed E-state index contributed by atoms with van der Waals surface area (Å²) in [5, 5.41) is 3.28. The van der Waals surface area contributed by atoms with Crippen molar-refractivity contribution in [1.82, 2.24) is 0 Å². The lowest BCUT2D eigenvalue weighted by Crippen LogP contribution is -1.94. The first-order chi connectivity index (χ1) is 6.86. The predicted octanol–water partition coefficient (Wildman–Crippen LogP) is 4.12. The van der Waals surface area contributed by atoms with Gasteiger partial charge in [0.1, 0.15) is 0 Å². The summed E-state index contributed by atoms with van der Waals surface area (Å²) in [4.78, 5) is 0. The van der Waals surface area contributed by atoms with E-state index in [-0.39, 0.29) is 0 Å². The number of hydrogen-bond acceptors (Lipinski definition) is 1. The van der Waals surface area contributed by atoms with Gasteiger partial charge in [0.15, 0.2) is 0 Å². The van der Waals surface area contributed by atoms with Crippen LogP contribution in [0.1, 0.15) is 0 Å². The van der Waals surface area contributed by atoms with E-state index in [1.165, 1.54) is 0 Å². The van der Waals surface area contributed by atoms with Gasteiger partial charge >= 0.3 is 0 Å². The van der Waals surface area contributed by atoms with Crippen LogP contribution in [0.3, 0.4) is 0 Å². The van der Waals surface area contributed by atoms with E-state index in [2.05, 4.69) is 34.5 Å². The number of halogens is 1. The fraction of sp³-hybridized carbons (Fsp3) is 0. The number of allylic oxidation sites excluding steroid dienone is 3. The van der Waals surface area contributed by atoms with Gasteiger partial charge in [-0.15, -0.1) is 0 Å². The zero-order valence-electron chi connectivity index (χ0n) is 7.78. The van der Waals surface area contributed by atoms with Crippen molar-refractivity contribution in [1.29, 1.82) is 0 Å². The Morgan fingerprint density at radius 2 is 2.00 bits per heavy atom. The van der Waals surface area contributed by atoms with Crippen molar-refractivity contribution >= 4 is 28.3 Å². The molecule has 0 fully saturated rings. The molecule has 0 atom stereocenters. The maximum atomic E-state index is 3.63. The fourth-order valence-electron chi connectivity index (χ4n) is 0.965. The van der Waals surface area contributed by atoms with Gasteiger partial charge in [0.05, 0.1) is 0 Å². The van der Waals surface area contributed by atoms with Crippen LogP contribution >= 0.6 is 22.6 Å². The molecule has 2 heteroatoms. The molecule has 0 heterocycles. The van der Waals surface area contributed by atoms with E-state index in [9.17, 15) is 0 Å². The van der Waals surface area contributed by atoms with Gasteiger partial charge < -0.3 is 5.32 Å². The Balaban J connectivity index is 2.67. The maximum absolute atomic E-state index is 3.63. The van der Waals surface area contributed by atoms with Crippen LogP contribution in [-0.4, -0.2) is 0 Å². The van der Waals surface area contributed by atoms with Gasteiger partial charge in [0.2, 0.25) is 0 Å². The Morgan fingerprint density at radius 1 is 1.29 bits per heavy atom. The third kappa shape index (κ3) is 3.79. The van der Waals surface area contributed by atoms with Crippen molar-refractivity contribution in [2.24, 2.45) is 0 Å². The third-order valence-electron chi connectivity index (χ3n) is 1.59. The van der Waals surface area contributed by atoms with Crippen LogP contribution < -0.4 is 5.32 Å². The largest absolute Gasteiger partial charge is 0.355 e. The maximum Gasteiger partial charge on any atom is 0.0445 e. The molecule has 14 heavy (non-hydrogen) atoms. The van der Waals surface area contributed by atoms with E-state index in [0.29, 0.717) is 0 Å². The molecule has 1 aromatic rings. The Bertz CT molecular complexity index is 339. The zero-order chi connectivity index (χ0) is 10.2. The molecule has 0 aliphatic heterocycles. The van der Waals surface area contributed by atoms with E-state index in [1.807, 2.05) is 46.6 Å². The second-order valence-electron chi connectivity index (χ2n) is 2.65. The molecule has 1 rings (SSSR count). The van der Waals surface area contributed by atoms with Crippen LogP contribution in [0.25, 0.3) is 0 Å². The molecule has 0 amide bonds. The molecule has 0 spiro atoms. The minimum absolute atomic E-state index is 1.05. The summed E-state index contributed by atoms with van der Waals surface area (Å²) in [6.45, 7) is 3.63. The number of nitrogens with one attached hydrogen (secondary N) is 1. The quantitative estimate of drug-likeness (QED) is 0.651. The molecule has 0 saturated carbocycles. The molecule has 0 aliphatic rings. The Hall–Kier alpha value is -1.03. The first kappa shape index (κ1) is 11.0. The molecule has 1 N–H and O–H groups in total. The van der Waals surface area contributed by atoms with Crippen molar-refractivity contribution in [3.8, 4) is 0 Å². The summed E-state index contributed by atoms with van der Waals surface area (Å²) in [5.41, 5.74) is 2.14. The van der Waals surface area contributed by atoms with E-state index >= 15 is 0 Å². The Morgan fingerprint density at radius 3 is 2.57 bits per heavy atom. The third-order valence-corrected chi connectivity index (χ3v) is 2.26. The number of hydrogen-bond donors (Lipinski definition) is 1. The minimum atomic E-state index is 1.05. The molecule has 0 unspecified atom stereocenters. The lowest BCUT2D eigenvalue weighted by Gasteiger charge is -2.05. The normalized spacial score (nSPS) is 11.6. The average Bonchev–Trinajstić information content (AvgIpc) is 2.25. The SMILES string of the molecule is C=C/C=C\C(=C/I)Nc1ccccc1. The van der Waals surface area contributed by atoms with E-state index < -0.39 is 0 Å². The van der Waals surface area contributed by atoms with Gasteiger partial charge in [-0.1, -0.05) is 59.5 Å². The lowest BCUT2D eigenvalue weighted by molar-refractivity contribution is 1.49. The zero-order valence-corrected chi connectivity index (χ0v) is 9.94. The van der Waals surface area contributed by atoms with Gasteiger partial charge in [-0.3, -0.25) is 0 Å². The van der Waals surface area contributed by atoms with Crippen molar-refractivity contribution in [3.05, 3.63) is 64.9 Å². The summed E-state index contributed by atoms with van der Waals surface area (Å²) in [7, 11) is 0. The lowest BCUT2D eigenvalue weighted by atomic mass is 10.3. The second-order valence-corrected chi connectivity index (χ2v) is 3.27. The van der Waals surface area contributed by atoms with Crippen LogP contribution in [0, 0.1) is 0 Å². The number of para-hydroxylation sites is 1. The number of anilines is 1. The number of benzene rings is 1. The smallest absolute Gasteiger partial charge is 0.0445 e. The standard InChI is InChI=1S/C12H12IN/c1-2-3-7-12(10-13)14-11-8-5-4-6-9-11/h2-10,14H,1H2/b7-3-,12-10+. The van der Waals surface area contributed by atoms with Gasteiger partial charge in [0, 0.05) is 15.5 Å². The van der Waals surface area contributed by atoms with E-state index in [0.717, 1.165) is 11.4 Å². The van der Waals surface area contributed by atoms with Gasteiger partial charge in [0.25, 0.3) is 0 Å². The highest BCUT2D eigenvalue weighted by Gasteiger charge is 1.91. The number of rotatable bonds is 4. The van der Waals surface area contributed by atoms with Crippen LogP contribution in [0.2, 0.25) is 0 Å². The molecule has 1 aromatic carbocycles. The summed E-state index contributed by atoms with van der Waals surface area (Å²) < 4.78 is 1.99. The molecule has 0 radical (unpaired) electrons. The highest BCUT2D eigenvalue weighted by atomic mass is 127. The van der Waals surface area contributed by atoms with Crippen LogP contribution in [0.15, 0.2) is 64.9 Å². The highest BCUT2D eigenvalue weighted by Crippen LogP contribution is 2.11. The molecule has 1 nitrogen and oxygen atoms in total. The van der Waals surface area contributed by atoms with Gasteiger partial charge in [-0.2, -0.15) is 0 Å². The predicted molar refractivity (Wildman–Crippen MR) is 71.5 cm³/mol. The molecule has 0 saturated heterocycles. The summed E-state index contributed by atoms with van der Waals surface area (Å²) >= 11 is 2.21. The fourth-order valence-corrected chi connectivity index (χ4v) is 1.33. The van der Waals surface area contributed by atoms with Crippen molar-refractivity contribution in [3.63, 3.8) is 0 Å². The van der Waals surface area contributed by atoms with Gasteiger partial charge in [-0.25, -0.2) is 0 Å². The van der Waals surface area contributed by atoms with Crippen LogP contribution in [0.4, 0.5) is 5.69 Å². The molecule has 0 bridgehead atoms. The van der Waals surface area contributed by atoms with Gasteiger partial charge in [-0.05, 0) is 18.2 Å². The van der Waals surface area contributed by atoms with Crippen LogP contribution in [-0.2, 0) is 0 Å². The summed E-state index contributed by atoms with van der Waals surface area (Å²) in [6.07, 6.45) is 5.64. The monoisotopic (exact) mass is 297 g/mol. The molecule has 72 valence electrons. The Kier molecular flexibility index (Phi) is 5.07. The second kappa shape index (κ2) is 6.43. The summed E-state index contributed by atoms with van der Waals surface area (Å²) in [6, 6.07) is 10.1. The van der Waals surface area contributed by atoms with E-state index in [4.69, 9.17) is 0 Å². The molecule has 0 aliphatic carbocycles. The van der Waals surface area contributed by atoms with Crippen molar-refractivity contribution in [2.75, 3.05) is 5.32 Å². The van der Waals surface area contributed by atoms with Crippen molar-refractivity contribution in [2.45, 2.75) is 0 Å². The molecular formula is C12H12IN. The molecule has 0 aromatic heterocycles. The van der Waals surface area contributed by atoms with E-state index in [1.54, 1.807) is 6.08 Å². The Labute approximate surface area is 98.4 Å². The first-order valence-electron chi connectivity index (χ1n) is 4.28.